The Kier molecular flexibility index (Phi) is 7.08. The SMILES string of the molecule is Cc1nn(-c2ccccc2)cc1CN=C(N)NC1CCCCC1.I. The number of nitrogens with two attached hydrogens (primary N) is 1. The van der Waals surface area contributed by atoms with Gasteiger partial charge in [-0.15, -0.1) is 24.0 Å². The highest BCUT2D eigenvalue weighted by Crippen LogP contribution is 2.17. The lowest BCUT2D eigenvalue weighted by Crippen LogP contribution is -2.41. The van der Waals surface area contributed by atoms with Crippen LogP contribution < -0.4 is 11.1 Å². The number of rotatable bonds is 4. The molecule has 0 bridgehead atoms. The molecule has 0 atom stereocenters. The molecule has 1 aliphatic rings. The second-order valence-corrected chi connectivity index (χ2v) is 6.20. The molecular formula is C18H26IN5. The molecule has 0 amide bonds. The Morgan fingerprint density at radius 3 is 2.67 bits per heavy atom. The minimum atomic E-state index is 0. The van der Waals surface area contributed by atoms with Gasteiger partial charge in [-0.2, -0.15) is 5.10 Å². The Bertz CT molecular complexity index is 659. The summed E-state index contributed by atoms with van der Waals surface area (Å²) in [6.07, 6.45) is 8.33. The van der Waals surface area contributed by atoms with Crippen LogP contribution in [0.1, 0.15) is 43.4 Å². The maximum Gasteiger partial charge on any atom is 0.189 e. The number of guanidine groups is 1. The van der Waals surface area contributed by atoms with E-state index >= 15 is 0 Å². The first-order chi connectivity index (χ1) is 11.2. The molecule has 1 saturated carbocycles. The summed E-state index contributed by atoms with van der Waals surface area (Å²) in [5.41, 5.74) is 9.18. The first-order valence-electron chi connectivity index (χ1n) is 8.39. The second kappa shape index (κ2) is 9.05. The molecule has 0 radical (unpaired) electrons. The van der Waals surface area contributed by atoms with Crippen molar-refractivity contribution in [1.82, 2.24) is 15.1 Å². The summed E-state index contributed by atoms with van der Waals surface area (Å²) in [6.45, 7) is 2.57. The smallest absolute Gasteiger partial charge is 0.189 e. The Hall–Kier alpha value is -1.57. The van der Waals surface area contributed by atoms with Gasteiger partial charge in [0.2, 0.25) is 0 Å². The molecule has 3 rings (SSSR count). The van der Waals surface area contributed by atoms with E-state index < -0.39 is 0 Å². The van der Waals surface area contributed by atoms with E-state index in [9.17, 15) is 0 Å². The molecule has 0 spiro atoms. The quantitative estimate of drug-likeness (QED) is 0.435. The van der Waals surface area contributed by atoms with E-state index in [0.29, 0.717) is 18.5 Å². The van der Waals surface area contributed by atoms with E-state index in [2.05, 4.69) is 15.4 Å². The molecule has 1 fully saturated rings. The van der Waals surface area contributed by atoms with Crippen molar-refractivity contribution in [2.24, 2.45) is 10.7 Å². The fourth-order valence-electron chi connectivity index (χ4n) is 3.04. The number of nitrogens with one attached hydrogen (secondary N) is 1. The standard InChI is InChI=1S/C18H25N5.HI/c1-14-15(13-23(22-14)17-10-6-3-7-11-17)12-20-18(19)21-16-8-4-2-5-9-16;/h3,6-7,10-11,13,16H,2,4-5,8-9,12H2,1H3,(H3,19,20,21);1H. The summed E-state index contributed by atoms with van der Waals surface area (Å²) in [5.74, 6) is 0.545. The van der Waals surface area contributed by atoms with Crippen LogP contribution in [0.25, 0.3) is 5.69 Å². The highest BCUT2D eigenvalue weighted by Gasteiger charge is 2.13. The summed E-state index contributed by atoms with van der Waals surface area (Å²) in [7, 11) is 0. The lowest BCUT2D eigenvalue weighted by molar-refractivity contribution is 0.412. The summed E-state index contributed by atoms with van der Waals surface area (Å²) >= 11 is 0. The van der Waals surface area contributed by atoms with Gasteiger partial charge in [0, 0.05) is 17.8 Å². The van der Waals surface area contributed by atoms with Gasteiger partial charge in [0.1, 0.15) is 0 Å². The lowest BCUT2D eigenvalue weighted by Gasteiger charge is -2.23. The highest BCUT2D eigenvalue weighted by molar-refractivity contribution is 14.0. The van der Waals surface area contributed by atoms with Crippen molar-refractivity contribution in [2.75, 3.05) is 0 Å². The fraction of sp³-hybridized carbons (Fsp3) is 0.444. The van der Waals surface area contributed by atoms with Crippen LogP contribution in [-0.2, 0) is 6.54 Å². The number of benzene rings is 1. The van der Waals surface area contributed by atoms with Crippen molar-refractivity contribution in [3.05, 3.63) is 47.8 Å². The first kappa shape index (κ1) is 18.8. The van der Waals surface area contributed by atoms with Gasteiger partial charge in [-0.25, -0.2) is 9.67 Å². The summed E-state index contributed by atoms with van der Waals surface area (Å²) in [5, 5.41) is 7.91. The average Bonchev–Trinajstić information content (AvgIpc) is 2.96. The maximum atomic E-state index is 6.03. The fourth-order valence-corrected chi connectivity index (χ4v) is 3.04. The number of para-hydroxylation sites is 1. The van der Waals surface area contributed by atoms with Crippen molar-refractivity contribution < 1.29 is 0 Å². The third-order valence-electron chi connectivity index (χ3n) is 4.40. The second-order valence-electron chi connectivity index (χ2n) is 6.20. The molecule has 24 heavy (non-hydrogen) atoms. The number of aryl methyl sites for hydroxylation is 1. The number of halogens is 1. The molecule has 1 heterocycles. The molecule has 5 nitrogen and oxygen atoms in total. The predicted molar refractivity (Wildman–Crippen MR) is 109 cm³/mol. The van der Waals surface area contributed by atoms with E-state index in [-0.39, 0.29) is 24.0 Å². The molecule has 6 heteroatoms. The van der Waals surface area contributed by atoms with Crippen LogP contribution >= 0.6 is 24.0 Å². The molecule has 0 aliphatic heterocycles. The van der Waals surface area contributed by atoms with E-state index in [1.54, 1.807) is 0 Å². The summed E-state index contributed by atoms with van der Waals surface area (Å²) in [6, 6.07) is 10.6. The van der Waals surface area contributed by atoms with Gasteiger partial charge in [-0.1, -0.05) is 37.5 Å². The number of hydrogen-bond donors (Lipinski definition) is 2. The van der Waals surface area contributed by atoms with Crippen LogP contribution in [-0.4, -0.2) is 21.8 Å². The molecule has 1 aliphatic carbocycles. The largest absolute Gasteiger partial charge is 0.370 e. The highest BCUT2D eigenvalue weighted by atomic mass is 127. The molecule has 1 aromatic heterocycles. The number of aliphatic imine (C=N–C) groups is 1. The van der Waals surface area contributed by atoms with Gasteiger partial charge < -0.3 is 11.1 Å². The summed E-state index contributed by atoms with van der Waals surface area (Å²) in [4.78, 5) is 4.49. The molecule has 2 aromatic rings. The Labute approximate surface area is 160 Å². The number of aromatic nitrogens is 2. The van der Waals surface area contributed by atoms with E-state index in [4.69, 9.17) is 5.73 Å². The van der Waals surface area contributed by atoms with Crippen molar-refractivity contribution in [3.63, 3.8) is 0 Å². The van der Waals surface area contributed by atoms with Gasteiger partial charge in [-0.3, -0.25) is 0 Å². The third-order valence-corrected chi connectivity index (χ3v) is 4.40. The molecular weight excluding hydrogens is 413 g/mol. The minimum Gasteiger partial charge on any atom is -0.370 e. The Balaban J connectivity index is 0.00000208. The van der Waals surface area contributed by atoms with E-state index in [0.717, 1.165) is 16.9 Å². The zero-order chi connectivity index (χ0) is 16.1. The zero-order valence-corrected chi connectivity index (χ0v) is 16.4. The van der Waals surface area contributed by atoms with Crippen LogP contribution in [0.5, 0.6) is 0 Å². The van der Waals surface area contributed by atoms with Crippen LogP contribution in [0.2, 0.25) is 0 Å². The van der Waals surface area contributed by atoms with Gasteiger partial charge in [0.25, 0.3) is 0 Å². The molecule has 3 N–H and O–H groups in total. The van der Waals surface area contributed by atoms with Crippen molar-refractivity contribution in [2.45, 2.75) is 51.6 Å². The third kappa shape index (κ3) is 4.96. The molecule has 0 saturated heterocycles. The molecule has 0 unspecified atom stereocenters. The van der Waals surface area contributed by atoms with Crippen molar-refractivity contribution in [3.8, 4) is 5.69 Å². The van der Waals surface area contributed by atoms with Gasteiger partial charge in [0.15, 0.2) is 5.96 Å². The van der Waals surface area contributed by atoms with Crippen molar-refractivity contribution in [1.29, 1.82) is 0 Å². The molecule has 130 valence electrons. The van der Waals surface area contributed by atoms with E-state index in [1.165, 1.54) is 32.1 Å². The Morgan fingerprint density at radius 2 is 1.96 bits per heavy atom. The van der Waals surface area contributed by atoms with Crippen molar-refractivity contribution >= 4 is 29.9 Å². The minimum absolute atomic E-state index is 0. The van der Waals surface area contributed by atoms with Crippen LogP contribution in [0.3, 0.4) is 0 Å². The number of hydrogen-bond acceptors (Lipinski definition) is 2. The maximum absolute atomic E-state index is 6.03. The summed E-state index contributed by atoms with van der Waals surface area (Å²) < 4.78 is 1.89. The van der Waals surface area contributed by atoms with Gasteiger partial charge in [0.05, 0.1) is 17.9 Å². The monoisotopic (exact) mass is 439 g/mol. The van der Waals surface area contributed by atoms with Gasteiger partial charge >= 0.3 is 0 Å². The average molecular weight is 439 g/mol. The van der Waals surface area contributed by atoms with Crippen LogP contribution in [0.4, 0.5) is 0 Å². The molecule has 1 aromatic carbocycles. The number of nitrogens with zero attached hydrogens (tertiary/aromatic N) is 3. The Morgan fingerprint density at radius 1 is 1.25 bits per heavy atom. The topological polar surface area (TPSA) is 68.2 Å². The lowest BCUT2D eigenvalue weighted by atomic mass is 9.96. The van der Waals surface area contributed by atoms with Gasteiger partial charge in [-0.05, 0) is 31.9 Å². The van der Waals surface area contributed by atoms with Crippen LogP contribution in [0, 0.1) is 6.92 Å². The first-order valence-corrected chi connectivity index (χ1v) is 8.39. The van der Waals surface area contributed by atoms with Crippen LogP contribution in [0.15, 0.2) is 41.5 Å². The predicted octanol–water partition coefficient (Wildman–Crippen LogP) is 3.54. The zero-order valence-electron chi connectivity index (χ0n) is 14.1. The normalized spacial score (nSPS) is 15.8. The van der Waals surface area contributed by atoms with E-state index in [1.807, 2.05) is 48.1 Å².